The zero-order valence-electron chi connectivity index (χ0n) is 17.7. The van der Waals surface area contributed by atoms with Gasteiger partial charge in [-0.3, -0.25) is 4.98 Å². The molecular weight excluding hydrogens is 686 g/mol. The summed E-state index contributed by atoms with van der Waals surface area (Å²) in [5.74, 6) is -1.36. The molecule has 1 atom stereocenters. The fraction of sp³-hybridized carbons (Fsp3) is 0.100. The molecule has 0 radical (unpaired) electrons. The third-order valence-electron chi connectivity index (χ3n) is 3.91. The van der Waals surface area contributed by atoms with E-state index in [1.807, 2.05) is 42.5 Å². The topological polar surface area (TPSA) is 241 Å². The first-order valence-corrected chi connectivity index (χ1v) is 9.11. The molecule has 0 amide bonds. The number of para-hydroxylation sites is 2. The van der Waals surface area contributed by atoms with Crippen LogP contribution in [0.4, 0.5) is 0 Å². The molecule has 0 saturated carbocycles. The number of aliphatic carboxylic acids is 1. The Morgan fingerprint density at radius 2 is 1.60 bits per heavy atom. The van der Waals surface area contributed by atoms with Crippen molar-refractivity contribution in [1.82, 2.24) is 9.97 Å². The summed E-state index contributed by atoms with van der Waals surface area (Å²) in [5.41, 5.74) is 9.46. The van der Waals surface area contributed by atoms with E-state index in [1.54, 1.807) is 18.5 Å². The molecule has 4 rings (SSSR count). The van der Waals surface area contributed by atoms with Crippen molar-refractivity contribution < 1.29 is 75.5 Å². The number of carbonyl (C=O) groups excluding carboxylic acids is 1. The van der Waals surface area contributed by atoms with Crippen molar-refractivity contribution in [2.45, 2.75) is 12.5 Å². The van der Waals surface area contributed by atoms with E-state index in [0.717, 1.165) is 21.9 Å². The maximum absolute atomic E-state index is 11.1. The van der Waals surface area contributed by atoms with Crippen molar-refractivity contribution in [3.63, 3.8) is 0 Å². The van der Waals surface area contributed by atoms with E-state index in [1.165, 1.54) is 6.07 Å². The van der Waals surface area contributed by atoms with Crippen LogP contribution >= 0.6 is 0 Å². The Bertz CT molecular complexity index is 1230. The van der Waals surface area contributed by atoms with Crippen molar-refractivity contribution in [3.05, 3.63) is 98.5 Å². The van der Waals surface area contributed by atoms with Gasteiger partial charge in [0.1, 0.15) is 0 Å². The molecule has 1 unspecified atom stereocenters. The van der Waals surface area contributed by atoms with Gasteiger partial charge in [-0.25, -0.2) is 0 Å². The van der Waals surface area contributed by atoms with Crippen LogP contribution in [0.5, 0.6) is 5.75 Å². The van der Waals surface area contributed by atoms with Crippen LogP contribution in [0.3, 0.4) is 0 Å². The number of nitrogens with zero attached hydrogens (tertiary/aromatic N) is 4. The van der Waals surface area contributed by atoms with Gasteiger partial charge < -0.3 is 36.1 Å². The summed E-state index contributed by atoms with van der Waals surface area (Å²) in [6.45, 7) is 0. The molecule has 0 fully saturated rings. The third kappa shape index (κ3) is 11.9. The van der Waals surface area contributed by atoms with Gasteiger partial charge in [0.2, 0.25) is 0 Å². The number of rotatable bonds is 3. The second-order valence-electron chi connectivity index (χ2n) is 6.18. The first-order chi connectivity index (χ1) is 16.0. The monoisotopic (exact) mass is 703 g/mol. The molecule has 2 heterocycles. The van der Waals surface area contributed by atoms with E-state index in [-0.39, 0.29) is 52.1 Å². The number of hydrogen-bond donors (Lipinski definition) is 2. The molecule has 0 spiro atoms. The second kappa shape index (κ2) is 16.1. The summed E-state index contributed by atoms with van der Waals surface area (Å²) in [5, 5.41) is 50.7. The molecule has 0 saturated heterocycles. The molecule has 15 heteroatoms. The molecule has 0 bridgehead atoms. The molecule has 2 aromatic carbocycles. The van der Waals surface area contributed by atoms with Crippen LogP contribution in [0, 0.1) is 60.2 Å². The van der Waals surface area contributed by atoms with Gasteiger partial charge in [-0.1, -0.05) is 65.9 Å². The Kier molecular flexibility index (Phi) is 14.4. The van der Waals surface area contributed by atoms with Crippen LogP contribution in [0.2, 0.25) is 0 Å². The van der Waals surface area contributed by atoms with Crippen molar-refractivity contribution >= 4 is 27.8 Å². The van der Waals surface area contributed by atoms with Gasteiger partial charge in [-0.15, -0.1) is 25.7 Å². The predicted molar refractivity (Wildman–Crippen MR) is 113 cm³/mol. The molecule has 2 aromatic heterocycles. The summed E-state index contributed by atoms with van der Waals surface area (Å²) >= 11 is 0. The molecular formula is C20H17N5O9Th. The number of carboxylic acids is 1. The minimum atomic E-state index is -1.50. The molecule has 0 aliphatic carbocycles. The van der Waals surface area contributed by atoms with E-state index in [2.05, 4.69) is 9.97 Å². The SMILES string of the molecule is O=[N+]([O-])O.O=[N+]([O-])O.[NH-]C(Cc1c[n-]c2ccccc12)C(=O)[O-].[O-]c1cccc2cccnc12.[Th+4]. The molecule has 4 aromatic rings. The van der Waals surface area contributed by atoms with Crippen LogP contribution in [-0.2, 0) is 11.2 Å². The van der Waals surface area contributed by atoms with Gasteiger partial charge in [0.05, 0.1) is 5.52 Å². The van der Waals surface area contributed by atoms with Crippen LogP contribution in [0.15, 0.2) is 67.0 Å². The first-order valence-electron chi connectivity index (χ1n) is 9.11. The number of benzene rings is 2. The third-order valence-corrected chi connectivity index (χ3v) is 3.91. The summed E-state index contributed by atoms with van der Waals surface area (Å²) in [6.07, 6.45) is 3.39. The van der Waals surface area contributed by atoms with Crippen molar-refractivity contribution in [3.8, 4) is 5.75 Å². The summed E-state index contributed by atoms with van der Waals surface area (Å²) in [7, 11) is 0. The fourth-order valence-corrected chi connectivity index (χ4v) is 2.62. The predicted octanol–water partition coefficient (Wildman–Crippen LogP) is 1.12. The zero-order valence-corrected chi connectivity index (χ0v) is 21.8. The quantitative estimate of drug-likeness (QED) is 0.226. The minimum Gasteiger partial charge on any atom is -0.871 e. The molecule has 180 valence electrons. The average molecular weight is 703 g/mol. The fourth-order valence-electron chi connectivity index (χ4n) is 2.62. The van der Waals surface area contributed by atoms with Gasteiger partial charge in [0.25, 0.3) is 10.2 Å². The Labute approximate surface area is 228 Å². The zero-order chi connectivity index (χ0) is 25.7. The number of fused-ring (bicyclic) bond motifs is 2. The Morgan fingerprint density at radius 1 is 1.03 bits per heavy atom. The molecule has 14 nitrogen and oxygen atoms in total. The van der Waals surface area contributed by atoms with Gasteiger partial charge in [0, 0.05) is 12.2 Å². The number of pyridine rings is 1. The Balaban J connectivity index is 0.000000508. The van der Waals surface area contributed by atoms with Crippen LogP contribution < -0.4 is 15.2 Å². The number of carboxylic acid groups (broad SMARTS) is 1. The Hall–Kier alpha value is -3.66. The number of aromatic nitrogens is 2. The largest absolute Gasteiger partial charge is 4.00 e. The van der Waals surface area contributed by atoms with Crippen LogP contribution in [0.25, 0.3) is 27.5 Å². The molecule has 35 heavy (non-hydrogen) atoms. The van der Waals surface area contributed by atoms with Crippen molar-refractivity contribution in [2.24, 2.45) is 0 Å². The van der Waals surface area contributed by atoms with Gasteiger partial charge in [-0.05, 0) is 23.3 Å². The number of carbonyl (C=O) groups is 1. The van der Waals surface area contributed by atoms with E-state index < -0.39 is 22.2 Å². The van der Waals surface area contributed by atoms with E-state index in [9.17, 15) is 15.0 Å². The molecule has 0 aliphatic rings. The van der Waals surface area contributed by atoms with Crippen molar-refractivity contribution in [1.29, 1.82) is 0 Å². The Morgan fingerprint density at radius 3 is 2.17 bits per heavy atom. The number of nitrogens with one attached hydrogen (secondary N) is 1. The number of hydrogen-bond acceptors (Lipinski definition) is 8. The minimum absolute atomic E-state index is 0. The first kappa shape index (κ1) is 31.3. The summed E-state index contributed by atoms with van der Waals surface area (Å²) in [6, 6.07) is 15.1. The molecule has 0 aliphatic heterocycles. The van der Waals surface area contributed by atoms with E-state index in [0.29, 0.717) is 5.52 Å². The normalized spacial score (nSPS) is 10.1. The standard InChI is InChI=1S/C11H10N2O2.C9H7NO.2HNO3.Th/c12-9(11(14)15)5-7-6-13-10-4-2-1-3-8(7)10;11-8-5-1-3-7-4-2-6-10-9(7)8;2*2-1(3)4;/h1-4,6,9,12H,5H2,(H,14,15);1-6,11H;2*(H,2,3,4);/q-2;;;;+4/p-2. The van der Waals surface area contributed by atoms with Crippen LogP contribution in [0.1, 0.15) is 5.56 Å². The summed E-state index contributed by atoms with van der Waals surface area (Å²) in [4.78, 5) is 35.3. The second-order valence-corrected chi connectivity index (χ2v) is 6.18. The maximum Gasteiger partial charge on any atom is 4.00 e. The van der Waals surface area contributed by atoms with Crippen LogP contribution in [-0.4, -0.2) is 37.6 Å². The summed E-state index contributed by atoms with van der Waals surface area (Å²) < 4.78 is 0. The maximum atomic E-state index is 11.1. The van der Waals surface area contributed by atoms with Gasteiger partial charge in [-0.2, -0.15) is 6.20 Å². The van der Waals surface area contributed by atoms with Gasteiger partial charge in [0.15, 0.2) is 0 Å². The average Bonchev–Trinajstić information content (AvgIpc) is 3.17. The van der Waals surface area contributed by atoms with Crippen molar-refractivity contribution in [2.75, 3.05) is 0 Å². The van der Waals surface area contributed by atoms with E-state index in [4.69, 9.17) is 36.4 Å². The molecule has 3 N–H and O–H groups in total. The smallest absolute Gasteiger partial charge is 0.871 e. The van der Waals surface area contributed by atoms with Gasteiger partial charge >= 0.3 is 39.9 Å². The van der Waals surface area contributed by atoms with E-state index >= 15 is 0 Å².